The zero-order chi connectivity index (χ0) is 24.5. The van der Waals surface area contributed by atoms with Gasteiger partial charge in [0.05, 0.1) is 12.6 Å². The summed E-state index contributed by atoms with van der Waals surface area (Å²) in [5.41, 5.74) is 13.6. The van der Waals surface area contributed by atoms with E-state index in [1.54, 1.807) is 6.07 Å². The number of fused-ring (bicyclic) bond motifs is 1. The molecule has 1 aromatic heterocycles. The molecule has 0 bridgehead atoms. The lowest BCUT2D eigenvalue weighted by molar-refractivity contribution is -0.139. The summed E-state index contributed by atoms with van der Waals surface area (Å²) in [6.45, 7) is 4.51. The summed E-state index contributed by atoms with van der Waals surface area (Å²) in [5.74, 6) is -0.574. The molecule has 1 aliphatic carbocycles. The van der Waals surface area contributed by atoms with E-state index in [4.69, 9.17) is 11.5 Å². The molecule has 1 aromatic carbocycles. The highest BCUT2D eigenvalue weighted by atomic mass is 19.1. The number of amides is 2. The molecular formula is C27H42FN5O2. The van der Waals surface area contributed by atoms with Gasteiger partial charge < -0.3 is 26.7 Å². The number of nitrogens with one attached hydrogen (secondary N) is 2. The molecule has 8 heteroatoms. The minimum absolute atomic E-state index is 0. The molecule has 2 fully saturated rings. The number of aromatic nitrogens is 1. The summed E-state index contributed by atoms with van der Waals surface area (Å²) in [6.07, 6.45) is 8.51. The van der Waals surface area contributed by atoms with Gasteiger partial charge in [0.2, 0.25) is 11.8 Å². The fraction of sp³-hybridized carbons (Fsp3) is 0.630. The third kappa shape index (κ3) is 5.38. The normalized spacial score (nSPS) is 24.7. The number of halogens is 1. The first-order valence-corrected chi connectivity index (χ1v) is 12.6. The largest absolute Gasteiger partial charge is 0.361 e. The Kier molecular flexibility index (Phi) is 8.59. The smallest absolute Gasteiger partial charge is 0.245 e. The summed E-state index contributed by atoms with van der Waals surface area (Å²) < 4.78 is 13.8. The molecule has 6 N–H and O–H groups in total. The second-order valence-electron chi connectivity index (χ2n) is 10.3. The van der Waals surface area contributed by atoms with Crippen LogP contribution in [-0.2, 0) is 9.59 Å². The van der Waals surface area contributed by atoms with Crippen LogP contribution >= 0.6 is 0 Å². The zero-order valence-corrected chi connectivity index (χ0v) is 20.3. The lowest BCUT2D eigenvalue weighted by Crippen LogP contribution is -2.59. The summed E-state index contributed by atoms with van der Waals surface area (Å²) >= 11 is 0. The van der Waals surface area contributed by atoms with Gasteiger partial charge in [-0.1, -0.05) is 33.6 Å². The van der Waals surface area contributed by atoms with E-state index in [1.807, 2.05) is 18.0 Å². The molecule has 4 rings (SSSR count). The van der Waals surface area contributed by atoms with Gasteiger partial charge in [0.25, 0.3) is 0 Å². The number of rotatable bonds is 7. The molecule has 2 aromatic rings. The van der Waals surface area contributed by atoms with Crippen molar-refractivity contribution in [2.24, 2.45) is 17.4 Å². The number of carbonyl (C=O) groups is 2. The minimum Gasteiger partial charge on any atom is -0.361 e. The van der Waals surface area contributed by atoms with Crippen molar-refractivity contribution >= 4 is 22.7 Å². The van der Waals surface area contributed by atoms with Crippen LogP contribution in [0, 0.1) is 11.7 Å². The maximum Gasteiger partial charge on any atom is 0.245 e. The Labute approximate surface area is 208 Å². The number of hydrogen-bond donors (Lipinski definition) is 4. The molecule has 2 amide bonds. The van der Waals surface area contributed by atoms with Crippen LogP contribution < -0.4 is 16.8 Å². The van der Waals surface area contributed by atoms with Crippen molar-refractivity contribution in [3.8, 4) is 0 Å². The molecule has 35 heavy (non-hydrogen) atoms. The van der Waals surface area contributed by atoms with Gasteiger partial charge in [-0.2, -0.15) is 0 Å². The molecule has 0 spiro atoms. The average Bonchev–Trinajstić information content (AvgIpc) is 3.38. The summed E-state index contributed by atoms with van der Waals surface area (Å²) in [7, 11) is 0. The van der Waals surface area contributed by atoms with Crippen LogP contribution in [-0.4, -0.2) is 52.4 Å². The number of nitrogens with zero attached hydrogens (tertiary/aromatic N) is 1. The third-order valence-electron chi connectivity index (χ3n) is 7.97. The SMILES string of the molecule is C.CC[C@H](c1c[nH]c2cc(F)ccc12)[C@H]1N(C(=O)C(NC(=O)CN)C2CCCCC2)CC[C@@]1(C)N. The minimum atomic E-state index is -0.588. The van der Waals surface area contributed by atoms with E-state index in [2.05, 4.69) is 17.2 Å². The van der Waals surface area contributed by atoms with Crippen molar-refractivity contribution in [3.05, 3.63) is 35.8 Å². The molecule has 4 atom stereocenters. The Morgan fingerprint density at radius 2 is 2.00 bits per heavy atom. The molecule has 1 unspecified atom stereocenters. The highest BCUT2D eigenvalue weighted by molar-refractivity contribution is 5.89. The Balaban J connectivity index is 0.00000342. The van der Waals surface area contributed by atoms with Crippen LogP contribution in [0.1, 0.15) is 77.7 Å². The number of hydrogen-bond acceptors (Lipinski definition) is 4. The van der Waals surface area contributed by atoms with Crippen molar-refractivity contribution < 1.29 is 14.0 Å². The lowest BCUT2D eigenvalue weighted by Gasteiger charge is -2.41. The lowest BCUT2D eigenvalue weighted by atomic mass is 9.78. The van der Waals surface area contributed by atoms with Crippen LogP contribution in [0.4, 0.5) is 4.39 Å². The van der Waals surface area contributed by atoms with Crippen molar-refractivity contribution in [1.29, 1.82) is 0 Å². The van der Waals surface area contributed by atoms with Crippen LogP contribution in [0.5, 0.6) is 0 Å². The molecule has 2 heterocycles. The Bertz CT molecular complexity index is 1030. The van der Waals surface area contributed by atoms with Crippen molar-refractivity contribution in [3.63, 3.8) is 0 Å². The number of H-pyrrole nitrogens is 1. The highest BCUT2D eigenvalue weighted by Crippen LogP contribution is 2.42. The van der Waals surface area contributed by atoms with Gasteiger partial charge >= 0.3 is 0 Å². The summed E-state index contributed by atoms with van der Waals surface area (Å²) in [6, 6.07) is 3.93. The second-order valence-corrected chi connectivity index (χ2v) is 10.3. The predicted octanol–water partition coefficient (Wildman–Crippen LogP) is 3.78. The van der Waals surface area contributed by atoms with E-state index >= 15 is 0 Å². The molecule has 194 valence electrons. The molecule has 1 saturated heterocycles. The van der Waals surface area contributed by atoms with Gasteiger partial charge in [0, 0.05) is 35.1 Å². The molecule has 2 aliphatic rings. The topological polar surface area (TPSA) is 117 Å². The number of benzene rings is 1. The third-order valence-corrected chi connectivity index (χ3v) is 7.97. The average molecular weight is 488 g/mol. The van der Waals surface area contributed by atoms with Crippen LogP contribution in [0.25, 0.3) is 10.9 Å². The van der Waals surface area contributed by atoms with E-state index in [0.717, 1.165) is 55.0 Å². The number of likely N-dealkylation sites (tertiary alicyclic amines) is 1. The van der Waals surface area contributed by atoms with Crippen LogP contribution in [0.3, 0.4) is 0 Å². The monoisotopic (exact) mass is 487 g/mol. The molecule has 1 saturated carbocycles. The zero-order valence-electron chi connectivity index (χ0n) is 20.3. The number of nitrogens with two attached hydrogens (primary N) is 2. The first kappa shape index (κ1) is 27.1. The Morgan fingerprint density at radius 3 is 2.66 bits per heavy atom. The van der Waals surface area contributed by atoms with Crippen molar-refractivity contribution in [2.75, 3.05) is 13.1 Å². The van der Waals surface area contributed by atoms with Gasteiger partial charge in [0.1, 0.15) is 11.9 Å². The quantitative estimate of drug-likeness (QED) is 0.475. The van der Waals surface area contributed by atoms with Gasteiger partial charge in [-0.05, 0) is 62.3 Å². The first-order chi connectivity index (χ1) is 16.3. The predicted molar refractivity (Wildman–Crippen MR) is 138 cm³/mol. The van der Waals surface area contributed by atoms with Crippen LogP contribution in [0.2, 0.25) is 0 Å². The second kappa shape index (κ2) is 11.1. The van der Waals surface area contributed by atoms with Gasteiger partial charge in [0.15, 0.2) is 0 Å². The van der Waals surface area contributed by atoms with Crippen molar-refractivity contribution in [2.45, 2.75) is 89.8 Å². The Morgan fingerprint density at radius 1 is 1.29 bits per heavy atom. The molecule has 7 nitrogen and oxygen atoms in total. The summed E-state index contributed by atoms with van der Waals surface area (Å²) in [4.78, 5) is 31.4. The Hall–Kier alpha value is -2.45. The van der Waals surface area contributed by atoms with Crippen LogP contribution in [0.15, 0.2) is 24.4 Å². The van der Waals surface area contributed by atoms with E-state index in [0.29, 0.717) is 13.0 Å². The molecule has 1 aliphatic heterocycles. The van der Waals surface area contributed by atoms with E-state index in [9.17, 15) is 14.0 Å². The number of aromatic amines is 1. The standard InChI is InChI=1S/C26H38FN5O2.CH4/c1-3-18(20-15-30-21-13-17(27)9-10-19(20)21)24-26(2,29)11-12-32(24)25(34)23(31-22(33)14-28)16-7-5-4-6-8-16;/h9-10,13,15-16,18,23-24,30H,3-8,11-12,14,28-29H2,1-2H3,(H,31,33);1H4/t18-,23?,24-,26-;/m1./s1. The first-order valence-electron chi connectivity index (χ1n) is 12.6. The molecule has 0 radical (unpaired) electrons. The maximum absolute atomic E-state index is 14.1. The van der Waals surface area contributed by atoms with E-state index < -0.39 is 11.6 Å². The fourth-order valence-electron chi connectivity index (χ4n) is 6.23. The fourth-order valence-corrected chi connectivity index (χ4v) is 6.23. The van der Waals surface area contributed by atoms with Crippen molar-refractivity contribution in [1.82, 2.24) is 15.2 Å². The van der Waals surface area contributed by atoms with Gasteiger partial charge in [-0.25, -0.2) is 4.39 Å². The summed E-state index contributed by atoms with van der Waals surface area (Å²) in [5, 5.41) is 3.89. The van der Waals surface area contributed by atoms with E-state index in [1.165, 1.54) is 12.1 Å². The highest BCUT2D eigenvalue weighted by Gasteiger charge is 2.49. The maximum atomic E-state index is 14.1. The van der Waals surface area contributed by atoms with E-state index in [-0.39, 0.29) is 49.5 Å². The van der Waals surface area contributed by atoms with Gasteiger partial charge in [-0.15, -0.1) is 0 Å². The van der Waals surface area contributed by atoms with Gasteiger partial charge in [-0.3, -0.25) is 9.59 Å². The molecular weight excluding hydrogens is 445 g/mol. The number of carbonyl (C=O) groups excluding carboxylic acids is 2.